The Bertz CT molecular complexity index is 490. The van der Waals surface area contributed by atoms with E-state index in [1.54, 1.807) is 9.80 Å². The highest BCUT2D eigenvalue weighted by atomic mass is 79.9. The molecule has 1 aliphatic heterocycles. The normalized spacial score (nSPS) is 15.7. The molecule has 6 heteroatoms. The molecule has 1 saturated heterocycles. The fraction of sp³-hybridized carbons (Fsp3) is 0.429. The molecule has 1 aromatic carbocycles. The SMILES string of the molecule is CCN1CCN(CCOc2ccc(Br)cc2)C(=O)C1=O. The van der Waals surface area contributed by atoms with Crippen LogP contribution in [-0.4, -0.2) is 54.4 Å². The van der Waals surface area contributed by atoms with Crippen molar-refractivity contribution in [1.29, 1.82) is 0 Å². The number of amides is 2. The number of hydrogen-bond donors (Lipinski definition) is 0. The zero-order valence-electron chi connectivity index (χ0n) is 11.3. The highest BCUT2D eigenvalue weighted by molar-refractivity contribution is 9.10. The summed E-state index contributed by atoms with van der Waals surface area (Å²) in [6.07, 6.45) is 0. The predicted molar refractivity (Wildman–Crippen MR) is 78.5 cm³/mol. The van der Waals surface area contributed by atoms with Crippen molar-refractivity contribution in [2.75, 3.05) is 32.8 Å². The molecule has 0 aromatic heterocycles. The standard InChI is InChI=1S/C14H17BrN2O3/c1-2-16-7-8-17(14(19)13(16)18)9-10-20-12-5-3-11(15)4-6-12/h3-6H,2,7-10H2,1H3. The molecule has 1 heterocycles. The van der Waals surface area contributed by atoms with Crippen LogP contribution in [0.1, 0.15) is 6.92 Å². The molecule has 20 heavy (non-hydrogen) atoms. The summed E-state index contributed by atoms with van der Waals surface area (Å²) >= 11 is 3.35. The highest BCUT2D eigenvalue weighted by Gasteiger charge is 2.31. The summed E-state index contributed by atoms with van der Waals surface area (Å²) in [4.78, 5) is 26.7. The number of benzene rings is 1. The lowest BCUT2D eigenvalue weighted by atomic mass is 10.3. The van der Waals surface area contributed by atoms with E-state index in [2.05, 4.69) is 15.9 Å². The quantitative estimate of drug-likeness (QED) is 0.763. The molecular weight excluding hydrogens is 324 g/mol. The molecule has 0 atom stereocenters. The fourth-order valence-electron chi connectivity index (χ4n) is 2.03. The van der Waals surface area contributed by atoms with Crippen LogP contribution in [0.25, 0.3) is 0 Å². The number of likely N-dealkylation sites (N-methyl/N-ethyl adjacent to an activating group) is 1. The monoisotopic (exact) mass is 340 g/mol. The lowest BCUT2D eigenvalue weighted by Crippen LogP contribution is -2.54. The van der Waals surface area contributed by atoms with Crippen LogP contribution in [0.4, 0.5) is 0 Å². The van der Waals surface area contributed by atoms with Crippen molar-refractivity contribution in [2.45, 2.75) is 6.92 Å². The topological polar surface area (TPSA) is 49.9 Å². The Hall–Kier alpha value is -1.56. The number of ether oxygens (including phenoxy) is 1. The lowest BCUT2D eigenvalue weighted by Gasteiger charge is -2.32. The Balaban J connectivity index is 1.81. The van der Waals surface area contributed by atoms with Gasteiger partial charge in [-0.15, -0.1) is 0 Å². The van der Waals surface area contributed by atoms with E-state index in [4.69, 9.17) is 4.74 Å². The zero-order chi connectivity index (χ0) is 14.5. The molecule has 1 fully saturated rings. The van der Waals surface area contributed by atoms with Crippen LogP contribution in [-0.2, 0) is 9.59 Å². The smallest absolute Gasteiger partial charge is 0.312 e. The minimum absolute atomic E-state index is 0.382. The van der Waals surface area contributed by atoms with Gasteiger partial charge in [-0.25, -0.2) is 0 Å². The van der Waals surface area contributed by atoms with Crippen molar-refractivity contribution in [3.05, 3.63) is 28.7 Å². The Morgan fingerprint density at radius 3 is 2.35 bits per heavy atom. The number of carbonyl (C=O) groups is 2. The third-order valence-corrected chi connectivity index (χ3v) is 3.75. The van der Waals surface area contributed by atoms with Crippen LogP contribution in [0.3, 0.4) is 0 Å². The van der Waals surface area contributed by atoms with Crippen LogP contribution in [0.5, 0.6) is 5.75 Å². The van der Waals surface area contributed by atoms with Gasteiger partial charge in [-0.3, -0.25) is 9.59 Å². The van der Waals surface area contributed by atoms with E-state index in [0.29, 0.717) is 32.8 Å². The number of carbonyl (C=O) groups excluding carboxylic acids is 2. The summed E-state index contributed by atoms with van der Waals surface area (Å²) in [6.45, 7) is 4.43. The lowest BCUT2D eigenvalue weighted by molar-refractivity contribution is -0.156. The molecule has 2 amide bonds. The number of rotatable bonds is 5. The predicted octanol–water partition coefficient (Wildman–Crippen LogP) is 1.52. The number of piperazine rings is 1. The van der Waals surface area contributed by atoms with Gasteiger partial charge in [0.2, 0.25) is 0 Å². The summed E-state index contributed by atoms with van der Waals surface area (Å²) in [5, 5.41) is 0. The molecule has 108 valence electrons. The van der Waals surface area contributed by atoms with Crippen LogP contribution in [0.15, 0.2) is 28.7 Å². The number of halogens is 1. The molecule has 1 aromatic rings. The van der Waals surface area contributed by atoms with Gasteiger partial charge in [0.15, 0.2) is 0 Å². The zero-order valence-corrected chi connectivity index (χ0v) is 12.9. The maximum absolute atomic E-state index is 11.9. The van der Waals surface area contributed by atoms with Crippen molar-refractivity contribution in [1.82, 2.24) is 9.80 Å². The van der Waals surface area contributed by atoms with Crippen LogP contribution in [0.2, 0.25) is 0 Å². The average Bonchev–Trinajstić information content (AvgIpc) is 2.46. The van der Waals surface area contributed by atoms with Gasteiger partial charge in [0.05, 0.1) is 6.54 Å². The molecule has 2 rings (SSSR count). The van der Waals surface area contributed by atoms with Crippen LogP contribution < -0.4 is 4.74 Å². The van der Waals surface area contributed by atoms with E-state index in [9.17, 15) is 9.59 Å². The van der Waals surface area contributed by atoms with E-state index in [0.717, 1.165) is 10.2 Å². The Kier molecular flexibility index (Phi) is 5.00. The summed E-state index contributed by atoms with van der Waals surface area (Å²) in [7, 11) is 0. The summed E-state index contributed by atoms with van der Waals surface area (Å²) < 4.78 is 6.55. The fourth-order valence-corrected chi connectivity index (χ4v) is 2.30. The van der Waals surface area contributed by atoms with Crippen molar-refractivity contribution in [2.24, 2.45) is 0 Å². The van der Waals surface area contributed by atoms with Gasteiger partial charge in [0.25, 0.3) is 0 Å². The van der Waals surface area contributed by atoms with Gasteiger partial charge in [0.1, 0.15) is 12.4 Å². The number of hydrogen-bond acceptors (Lipinski definition) is 3. The largest absolute Gasteiger partial charge is 0.492 e. The molecule has 5 nitrogen and oxygen atoms in total. The summed E-state index contributed by atoms with van der Waals surface area (Å²) in [5.41, 5.74) is 0. The van der Waals surface area contributed by atoms with Gasteiger partial charge in [-0.2, -0.15) is 0 Å². The first-order valence-corrected chi connectivity index (χ1v) is 7.37. The van der Waals surface area contributed by atoms with Crippen molar-refractivity contribution >= 4 is 27.7 Å². The van der Waals surface area contributed by atoms with Crippen LogP contribution in [0, 0.1) is 0 Å². The minimum atomic E-state index is -0.433. The first-order valence-electron chi connectivity index (χ1n) is 6.58. The molecule has 1 aliphatic rings. The third-order valence-electron chi connectivity index (χ3n) is 3.22. The van der Waals surface area contributed by atoms with Gasteiger partial charge in [-0.1, -0.05) is 15.9 Å². The van der Waals surface area contributed by atoms with Crippen LogP contribution >= 0.6 is 15.9 Å². The van der Waals surface area contributed by atoms with Gasteiger partial charge < -0.3 is 14.5 Å². The third kappa shape index (κ3) is 3.50. The maximum atomic E-state index is 11.9. The molecule has 0 unspecified atom stereocenters. The molecule has 0 radical (unpaired) electrons. The molecular formula is C14H17BrN2O3. The minimum Gasteiger partial charge on any atom is -0.492 e. The van der Waals surface area contributed by atoms with Gasteiger partial charge in [0, 0.05) is 24.1 Å². The van der Waals surface area contributed by atoms with E-state index >= 15 is 0 Å². The maximum Gasteiger partial charge on any atom is 0.312 e. The van der Waals surface area contributed by atoms with Gasteiger partial charge in [-0.05, 0) is 31.2 Å². The second-order valence-electron chi connectivity index (χ2n) is 4.48. The molecule has 0 saturated carbocycles. The van der Waals surface area contributed by atoms with Gasteiger partial charge >= 0.3 is 11.8 Å². The molecule has 0 N–H and O–H groups in total. The van der Waals surface area contributed by atoms with Crippen molar-refractivity contribution < 1.29 is 14.3 Å². The second kappa shape index (κ2) is 6.74. The number of nitrogens with zero attached hydrogens (tertiary/aromatic N) is 2. The molecule has 0 aliphatic carbocycles. The molecule has 0 spiro atoms. The van der Waals surface area contributed by atoms with E-state index in [-0.39, 0.29) is 0 Å². The molecule has 0 bridgehead atoms. The Morgan fingerprint density at radius 2 is 1.70 bits per heavy atom. The summed E-state index contributed by atoms with van der Waals surface area (Å²) in [6, 6.07) is 7.49. The summed E-state index contributed by atoms with van der Waals surface area (Å²) in [5.74, 6) is -0.0981. The Morgan fingerprint density at radius 1 is 1.10 bits per heavy atom. The van der Waals surface area contributed by atoms with Crippen molar-refractivity contribution in [3.63, 3.8) is 0 Å². The van der Waals surface area contributed by atoms with E-state index in [1.165, 1.54) is 0 Å². The average molecular weight is 341 g/mol. The first kappa shape index (κ1) is 14.8. The second-order valence-corrected chi connectivity index (χ2v) is 5.40. The highest BCUT2D eigenvalue weighted by Crippen LogP contribution is 2.16. The first-order chi connectivity index (χ1) is 9.61. The van der Waals surface area contributed by atoms with E-state index < -0.39 is 11.8 Å². The van der Waals surface area contributed by atoms with Crippen molar-refractivity contribution in [3.8, 4) is 5.75 Å². The Labute approximate surface area is 126 Å². The van der Waals surface area contributed by atoms with E-state index in [1.807, 2.05) is 31.2 Å².